The number of carbonyl (C=O) groups is 2. The van der Waals surface area contributed by atoms with E-state index in [-0.39, 0.29) is 17.9 Å². The second kappa shape index (κ2) is 6.33. The van der Waals surface area contributed by atoms with Crippen molar-refractivity contribution >= 4 is 12.1 Å². The predicted octanol–water partition coefficient (Wildman–Crippen LogP) is 4.06. The monoisotopic (exact) mass is 325 g/mol. The Balaban J connectivity index is 2.42. The Morgan fingerprint density at radius 2 is 1.78 bits per heavy atom. The second-order valence-electron chi connectivity index (χ2n) is 8.41. The molecule has 5 nitrogen and oxygen atoms in total. The largest absolute Gasteiger partial charge is 0.479 e. The molecular formula is C18H31NO4. The standard InChI is InChI=1S/C18H31NO4/c1-12(2)14-8-6-7-11-18(14,15(20)21)19(13-9-10-13)16(22)23-17(3,4)5/h12-14H,6-11H2,1-5H3,(H,20,21). The lowest BCUT2D eigenvalue weighted by Crippen LogP contribution is -2.65. The van der Waals surface area contributed by atoms with Gasteiger partial charge in [0.05, 0.1) is 0 Å². The van der Waals surface area contributed by atoms with Crippen molar-refractivity contribution in [2.24, 2.45) is 11.8 Å². The Kier molecular flexibility index (Phi) is 4.97. The highest BCUT2D eigenvalue weighted by molar-refractivity contribution is 5.85. The first kappa shape index (κ1) is 18.1. The summed E-state index contributed by atoms with van der Waals surface area (Å²) in [5, 5.41) is 10.2. The van der Waals surface area contributed by atoms with Gasteiger partial charge in [-0.3, -0.25) is 4.90 Å². The van der Waals surface area contributed by atoms with Gasteiger partial charge in [0.15, 0.2) is 0 Å². The highest BCUT2D eigenvalue weighted by Crippen LogP contribution is 2.47. The molecule has 2 aliphatic carbocycles. The molecule has 2 rings (SSSR count). The average molecular weight is 325 g/mol. The molecule has 132 valence electrons. The van der Waals surface area contributed by atoms with E-state index >= 15 is 0 Å². The number of carboxylic acids is 1. The molecular weight excluding hydrogens is 294 g/mol. The van der Waals surface area contributed by atoms with Gasteiger partial charge < -0.3 is 9.84 Å². The van der Waals surface area contributed by atoms with Crippen LogP contribution in [0.3, 0.4) is 0 Å². The summed E-state index contributed by atoms with van der Waals surface area (Å²) in [5.74, 6) is -0.675. The van der Waals surface area contributed by atoms with Crippen LogP contribution in [0.1, 0.15) is 73.1 Å². The molecule has 0 aromatic carbocycles. The van der Waals surface area contributed by atoms with Crippen LogP contribution in [-0.2, 0) is 9.53 Å². The summed E-state index contributed by atoms with van der Waals surface area (Å²) in [6.45, 7) is 9.60. The highest BCUT2D eigenvalue weighted by atomic mass is 16.6. The first-order valence-corrected chi connectivity index (χ1v) is 8.85. The van der Waals surface area contributed by atoms with Gasteiger partial charge in [-0.05, 0) is 58.3 Å². The van der Waals surface area contributed by atoms with Gasteiger partial charge in [-0.25, -0.2) is 9.59 Å². The third-order valence-electron chi connectivity index (χ3n) is 5.04. The zero-order chi connectivity index (χ0) is 17.4. The van der Waals surface area contributed by atoms with Crippen LogP contribution >= 0.6 is 0 Å². The lowest BCUT2D eigenvalue weighted by Gasteiger charge is -2.49. The smallest absolute Gasteiger partial charge is 0.411 e. The number of hydrogen-bond acceptors (Lipinski definition) is 3. The Morgan fingerprint density at radius 3 is 2.22 bits per heavy atom. The van der Waals surface area contributed by atoms with Crippen molar-refractivity contribution in [1.82, 2.24) is 4.90 Å². The molecule has 5 heteroatoms. The van der Waals surface area contributed by atoms with E-state index in [0.29, 0.717) is 6.42 Å². The number of aliphatic carboxylic acids is 1. The number of rotatable bonds is 4. The van der Waals surface area contributed by atoms with Crippen LogP contribution in [0.2, 0.25) is 0 Å². The molecule has 0 aromatic heterocycles. The predicted molar refractivity (Wildman–Crippen MR) is 88.3 cm³/mol. The minimum absolute atomic E-state index is 0.0142. The molecule has 0 aliphatic heterocycles. The van der Waals surface area contributed by atoms with E-state index in [2.05, 4.69) is 13.8 Å². The maximum atomic E-state index is 12.9. The molecule has 1 N–H and O–H groups in total. The van der Waals surface area contributed by atoms with Gasteiger partial charge in [-0.2, -0.15) is 0 Å². The normalized spacial score (nSPS) is 28.5. The third kappa shape index (κ3) is 3.64. The Labute approximate surface area is 139 Å². The summed E-state index contributed by atoms with van der Waals surface area (Å²) in [6.07, 6.45) is 4.55. The number of nitrogens with zero attached hydrogens (tertiary/aromatic N) is 1. The van der Waals surface area contributed by atoms with Crippen LogP contribution in [0.25, 0.3) is 0 Å². The molecule has 0 saturated heterocycles. The Hall–Kier alpha value is -1.26. The van der Waals surface area contributed by atoms with Crippen molar-refractivity contribution in [3.8, 4) is 0 Å². The lowest BCUT2D eigenvalue weighted by molar-refractivity contribution is -0.161. The van der Waals surface area contributed by atoms with Gasteiger partial charge in [0, 0.05) is 6.04 Å². The van der Waals surface area contributed by atoms with Crippen molar-refractivity contribution in [1.29, 1.82) is 0 Å². The summed E-state index contributed by atoms with van der Waals surface area (Å²) in [7, 11) is 0. The minimum Gasteiger partial charge on any atom is -0.479 e. The van der Waals surface area contributed by atoms with Gasteiger partial charge in [-0.15, -0.1) is 0 Å². The first-order chi connectivity index (χ1) is 10.6. The summed E-state index contributed by atoms with van der Waals surface area (Å²) in [5.41, 5.74) is -1.73. The van der Waals surface area contributed by atoms with E-state index in [1.165, 1.54) is 0 Å². The SMILES string of the molecule is CC(C)C1CCCCC1(C(=O)O)N(C(=O)OC(C)(C)C)C1CC1. The number of hydrogen-bond donors (Lipinski definition) is 1. The van der Waals surface area contributed by atoms with E-state index in [0.717, 1.165) is 32.1 Å². The van der Waals surface area contributed by atoms with Gasteiger partial charge in [-0.1, -0.05) is 26.7 Å². The van der Waals surface area contributed by atoms with Crippen LogP contribution in [0.5, 0.6) is 0 Å². The molecule has 0 bridgehead atoms. The molecule has 1 amide bonds. The quantitative estimate of drug-likeness (QED) is 0.846. The Bertz CT molecular complexity index is 464. The van der Waals surface area contributed by atoms with Crippen molar-refractivity contribution in [2.45, 2.75) is 90.3 Å². The molecule has 0 spiro atoms. The fraction of sp³-hybridized carbons (Fsp3) is 0.889. The second-order valence-corrected chi connectivity index (χ2v) is 8.41. The highest BCUT2D eigenvalue weighted by Gasteiger charge is 2.58. The van der Waals surface area contributed by atoms with E-state index in [1.54, 1.807) is 4.90 Å². The van der Waals surface area contributed by atoms with Crippen LogP contribution in [0.4, 0.5) is 4.79 Å². The van der Waals surface area contributed by atoms with Crippen LogP contribution < -0.4 is 0 Å². The number of amides is 1. The average Bonchev–Trinajstić information content (AvgIpc) is 3.21. The number of carbonyl (C=O) groups excluding carboxylic acids is 1. The Morgan fingerprint density at radius 1 is 1.17 bits per heavy atom. The first-order valence-electron chi connectivity index (χ1n) is 8.85. The van der Waals surface area contributed by atoms with E-state index in [4.69, 9.17) is 4.74 Å². The molecule has 2 unspecified atom stereocenters. The third-order valence-corrected chi connectivity index (χ3v) is 5.04. The molecule has 0 heterocycles. The maximum Gasteiger partial charge on any atom is 0.411 e. The van der Waals surface area contributed by atoms with Crippen molar-refractivity contribution in [3.05, 3.63) is 0 Å². The van der Waals surface area contributed by atoms with Crippen LogP contribution in [-0.4, -0.2) is 39.3 Å². The zero-order valence-electron chi connectivity index (χ0n) is 15.1. The lowest BCUT2D eigenvalue weighted by atomic mass is 9.66. The number of ether oxygens (including phenoxy) is 1. The van der Waals surface area contributed by atoms with Gasteiger partial charge >= 0.3 is 12.1 Å². The maximum absolute atomic E-state index is 12.9. The van der Waals surface area contributed by atoms with Gasteiger partial charge in [0.2, 0.25) is 0 Å². The molecule has 2 aliphatic rings. The van der Waals surface area contributed by atoms with E-state index < -0.39 is 23.2 Å². The molecule has 0 radical (unpaired) electrons. The zero-order valence-corrected chi connectivity index (χ0v) is 15.1. The molecule has 2 saturated carbocycles. The summed E-state index contributed by atoms with van der Waals surface area (Å²) in [6, 6.07) is 0.0142. The molecule has 0 aromatic rings. The van der Waals surface area contributed by atoms with Crippen molar-refractivity contribution < 1.29 is 19.4 Å². The van der Waals surface area contributed by atoms with Crippen molar-refractivity contribution in [3.63, 3.8) is 0 Å². The number of carboxylic acid groups (broad SMARTS) is 1. The summed E-state index contributed by atoms with van der Waals surface area (Å²) in [4.78, 5) is 26.8. The summed E-state index contributed by atoms with van der Waals surface area (Å²) >= 11 is 0. The van der Waals surface area contributed by atoms with E-state index in [9.17, 15) is 14.7 Å². The molecule has 2 atom stereocenters. The summed E-state index contributed by atoms with van der Waals surface area (Å²) < 4.78 is 5.58. The topological polar surface area (TPSA) is 66.8 Å². The van der Waals surface area contributed by atoms with Gasteiger partial charge in [0.25, 0.3) is 0 Å². The fourth-order valence-electron chi connectivity index (χ4n) is 4.02. The molecule has 2 fully saturated rings. The van der Waals surface area contributed by atoms with Gasteiger partial charge in [0.1, 0.15) is 11.1 Å². The fourth-order valence-corrected chi connectivity index (χ4v) is 4.02. The van der Waals surface area contributed by atoms with Crippen LogP contribution in [0, 0.1) is 11.8 Å². The van der Waals surface area contributed by atoms with Crippen LogP contribution in [0.15, 0.2) is 0 Å². The molecule has 23 heavy (non-hydrogen) atoms. The van der Waals surface area contributed by atoms with E-state index in [1.807, 2.05) is 20.8 Å². The minimum atomic E-state index is -1.12. The van der Waals surface area contributed by atoms with Crippen molar-refractivity contribution in [2.75, 3.05) is 0 Å².